The van der Waals surface area contributed by atoms with Crippen molar-refractivity contribution in [1.82, 2.24) is 9.97 Å². The van der Waals surface area contributed by atoms with Gasteiger partial charge in [-0.1, -0.05) is 0 Å². The van der Waals surface area contributed by atoms with Gasteiger partial charge in [-0.2, -0.15) is 0 Å². The van der Waals surface area contributed by atoms with Crippen molar-refractivity contribution in [1.29, 1.82) is 0 Å². The Hall–Kier alpha value is -1.54. The van der Waals surface area contributed by atoms with Gasteiger partial charge in [-0.25, -0.2) is 17.8 Å². The van der Waals surface area contributed by atoms with Crippen molar-refractivity contribution < 1.29 is 12.8 Å². The Morgan fingerprint density at radius 2 is 2.00 bits per heavy atom. The summed E-state index contributed by atoms with van der Waals surface area (Å²) < 4.78 is 39.3. The van der Waals surface area contributed by atoms with E-state index in [0.29, 0.717) is 4.47 Å². The third kappa shape index (κ3) is 3.02. The first kappa shape index (κ1) is 12.9. The maximum Gasteiger partial charge on any atom is 0.264 e. The van der Waals surface area contributed by atoms with Crippen LogP contribution in [0.1, 0.15) is 0 Å². The van der Waals surface area contributed by atoms with Crippen LogP contribution in [0.15, 0.2) is 46.2 Å². The number of sulfonamides is 1. The van der Waals surface area contributed by atoms with Gasteiger partial charge in [0.05, 0.1) is 6.20 Å². The van der Waals surface area contributed by atoms with Crippen LogP contribution in [0.3, 0.4) is 0 Å². The van der Waals surface area contributed by atoms with Crippen LogP contribution in [0.5, 0.6) is 0 Å². The van der Waals surface area contributed by atoms with Crippen LogP contribution in [0.2, 0.25) is 0 Å². The molecule has 18 heavy (non-hydrogen) atoms. The minimum atomic E-state index is -3.78. The molecule has 0 radical (unpaired) electrons. The number of hydrogen-bond donors (Lipinski definition) is 1. The average Bonchev–Trinajstić information content (AvgIpc) is 2.32. The van der Waals surface area contributed by atoms with Crippen molar-refractivity contribution in [2.75, 3.05) is 4.72 Å². The summed E-state index contributed by atoms with van der Waals surface area (Å²) in [4.78, 5) is 7.36. The molecule has 94 valence electrons. The second-order valence-corrected chi connectivity index (χ2v) is 5.90. The van der Waals surface area contributed by atoms with Crippen LogP contribution in [0.4, 0.5) is 10.2 Å². The second-order valence-electron chi connectivity index (χ2n) is 3.31. The Bertz CT molecular complexity index is 661. The molecule has 2 rings (SSSR count). The van der Waals surface area contributed by atoms with Gasteiger partial charge in [0.1, 0.15) is 16.5 Å². The molecule has 0 fully saturated rings. The topological polar surface area (TPSA) is 72.0 Å². The predicted octanol–water partition coefficient (Wildman–Crippen LogP) is 2.18. The Labute approximate surface area is 111 Å². The Balaban J connectivity index is 2.30. The van der Waals surface area contributed by atoms with Gasteiger partial charge < -0.3 is 0 Å². The third-order valence-electron chi connectivity index (χ3n) is 1.96. The van der Waals surface area contributed by atoms with Gasteiger partial charge in [0, 0.05) is 16.9 Å². The first-order chi connectivity index (χ1) is 8.47. The Morgan fingerprint density at radius 3 is 2.61 bits per heavy atom. The smallest absolute Gasteiger partial charge is 0.263 e. The Morgan fingerprint density at radius 1 is 1.22 bits per heavy atom. The van der Waals surface area contributed by atoms with Crippen molar-refractivity contribution in [2.45, 2.75) is 4.90 Å². The van der Waals surface area contributed by atoms with Crippen LogP contribution >= 0.6 is 15.9 Å². The van der Waals surface area contributed by atoms with E-state index in [1.54, 1.807) is 0 Å². The summed E-state index contributed by atoms with van der Waals surface area (Å²) >= 11 is 3.13. The van der Waals surface area contributed by atoms with Crippen molar-refractivity contribution in [2.24, 2.45) is 0 Å². The lowest BCUT2D eigenvalue weighted by atomic mass is 10.5. The molecule has 2 aromatic heterocycles. The van der Waals surface area contributed by atoms with E-state index in [1.165, 1.54) is 24.5 Å². The van der Waals surface area contributed by atoms with E-state index in [9.17, 15) is 12.8 Å². The van der Waals surface area contributed by atoms with Crippen LogP contribution in [-0.4, -0.2) is 18.4 Å². The van der Waals surface area contributed by atoms with E-state index < -0.39 is 15.8 Å². The van der Waals surface area contributed by atoms with Crippen molar-refractivity contribution in [3.8, 4) is 0 Å². The second kappa shape index (κ2) is 4.99. The summed E-state index contributed by atoms with van der Waals surface area (Å²) in [6.07, 6.45) is 3.60. The normalized spacial score (nSPS) is 11.2. The highest BCUT2D eigenvalue weighted by molar-refractivity contribution is 9.10. The highest BCUT2D eigenvalue weighted by Gasteiger charge is 2.15. The number of nitrogens with one attached hydrogen (secondary N) is 1. The summed E-state index contributed by atoms with van der Waals surface area (Å²) in [6, 6.07) is 3.75. The molecular weight excluding hydrogens is 325 g/mol. The van der Waals surface area contributed by atoms with Gasteiger partial charge >= 0.3 is 0 Å². The largest absolute Gasteiger partial charge is 0.264 e. The standard InChI is InChI=1S/C10H7BrFN3O2S/c11-7-3-9(6-13-4-7)18(16,17)15-10-2-1-8(12)5-14-10/h1-6H,(H,14,15). The van der Waals surface area contributed by atoms with Gasteiger partial charge in [-0.15, -0.1) is 0 Å². The summed E-state index contributed by atoms with van der Waals surface area (Å²) in [7, 11) is -3.78. The zero-order valence-corrected chi connectivity index (χ0v) is 11.2. The average molecular weight is 332 g/mol. The molecule has 2 aromatic rings. The van der Waals surface area contributed by atoms with Crippen LogP contribution in [0, 0.1) is 5.82 Å². The number of anilines is 1. The zero-order valence-electron chi connectivity index (χ0n) is 8.84. The lowest BCUT2D eigenvalue weighted by Gasteiger charge is -2.06. The van der Waals surface area contributed by atoms with Crippen molar-refractivity contribution in [3.05, 3.63) is 47.1 Å². The molecule has 8 heteroatoms. The van der Waals surface area contributed by atoms with Gasteiger partial charge in [-0.05, 0) is 34.1 Å². The Kier molecular flexibility index (Phi) is 3.58. The molecule has 0 aromatic carbocycles. The highest BCUT2D eigenvalue weighted by Crippen LogP contribution is 2.17. The van der Waals surface area contributed by atoms with Crippen LogP contribution < -0.4 is 4.72 Å². The predicted molar refractivity (Wildman–Crippen MR) is 66.9 cm³/mol. The molecule has 0 bridgehead atoms. The molecule has 0 amide bonds. The summed E-state index contributed by atoms with van der Waals surface area (Å²) in [5, 5.41) is 0. The van der Waals surface area contributed by atoms with E-state index in [0.717, 1.165) is 12.3 Å². The minimum Gasteiger partial charge on any atom is -0.263 e. The fraction of sp³-hybridized carbons (Fsp3) is 0. The molecule has 0 atom stereocenters. The van der Waals surface area contributed by atoms with Gasteiger partial charge in [0.2, 0.25) is 0 Å². The van der Waals surface area contributed by atoms with Gasteiger partial charge in [0.25, 0.3) is 10.0 Å². The lowest BCUT2D eigenvalue weighted by Crippen LogP contribution is -2.14. The highest BCUT2D eigenvalue weighted by atomic mass is 79.9. The molecule has 2 heterocycles. The quantitative estimate of drug-likeness (QED) is 0.935. The number of hydrogen-bond acceptors (Lipinski definition) is 4. The zero-order chi connectivity index (χ0) is 13.2. The van der Waals surface area contributed by atoms with Gasteiger partial charge in [-0.3, -0.25) is 9.71 Å². The van der Waals surface area contributed by atoms with Crippen LogP contribution in [-0.2, 0) is 10.0 Å². The van der Waals surface area contributed by atoms with E-state index >= 15 is 0 Å². The monoisotopic (exact) mass is 331 g/mol. The van der Waals surface area contributed by atoms with E-state index in [1.807, 2.05) is 0 Å². The van der Waals surface area contributed by atoms with E-state index in [-0.39, 0.29) is 10.7 Å². The van der Waals surface area contributed by atoms with E-state index in [2.05, 4.69) is 30.6 Å². The molecule has 0 aliphatic carbocycles. The van der Waals surface area contributed by atoms with E-state index in [4.69, 9.17) is 0 Å². The number of rotatable bonds is 3. The molecule has 0 aliphatic heterocycles. The number of halogens is 2. The third-order valence-corrected chi connectivity index (χ3v) is 3.71. The minimum absolute atomic E-state index is 0.0111. The molecule has 5 nitrogen and oxygen atoms in total. The van der Waals surface area contributed by atoms with Crippen molar-refractivity contribution in [3.63, 3.8) is 0 Å². The SMILES string of the molecule is O=S(=O)(Nc1ccc(F)cn1)c1cncc(Br)c1. The number of nitrogens with zero attached hydrogens (tertiary/aromatic N) is 2. The summed E-state index contributed by atoms with van der Waals surface area (Å²) in [5.74, 6) is -0.501. The molecule has 0 saturated heterocycles. The number of pyridine rings is 2. The summed E-state index contributed by atoms with van der Waals surface area (Å²) in [6.45, 7) is 0. The first-order valence-electron chi connectivity index (χ1n) is 4.72. The maximum absolute atomic E-state index is 12.6. The van der Waals surface area contributed by atoms with Crippen molar-refractivity contribution >= 4 is 31.8 Å². The maximum atomic E-state index is 12.6. The fourth-order valence-electron chi connectivity index (χ4n) is 1.17. The fourth-order valence-corrected chi connectivity index (χ4v) is 2.68. The molecule has 0 aliphatic rings. The first-order valence-corrected chi connectivity index (χ1v) is 7.00. The molecular formula is C10H7BrFN3O2S. The molecule has 0 saturated carbocycles. The lowest BCUT2D eigenvalue weighted by molar-refractivity contribution is 0.600. The molecule has 0 spiro atoms. The van der Waals surface area contributed by atoms with Gasteiger partial charge in [0.15, 0.2) is 0 Å². The molecule has 0 unspecified atom stereocenters. The molecule has 1 N–H and O–H groups in total. The summed E-state index contributed by atoms with van der Waals surface area (Å²) in [5.41, 5.74) is 0. The van der Waals surface area contributed by atoms with Crippen LogP contribution in [0.25, 0.3) is 0 Å². The number of aromatic nitrogens is 2.